The minimum absolute atomic E-state index is 0.171. The first kappa shape index (κ1) is 18.0. The van der Waals surface area contributed by atoms with Crippen molar-refractivity contribution in [2.45, 2.75) is 20.5 Å². The van der Waals surface area contributed by atoms with Crippen LogP contribution in [-0.4, -0.2) is 10.9 Å². The van der Waals surface area contributed by atoms with Gasteiger partial charge in [0, 0.05) is 9.35 Å². The molecule has 0 bridgehead atoms. The van der Waals surface area contributed by atoms with Crippen LogP contribution in [0.2, 0.25) is 5.02 Å². The lowest BCUT2D eigenvalue weighted by Gasteiger charge is -2.06. The van der Waals surface area contributed by atoms with E-state index in [4.69, 9.17) is 20.8 Å². The van der Waals surface area contributed by atoms with Gasteiger partial charge in [0.15, 0.2) is 10.9 Å². The summed E-state index contributed by atoms with van der Waals surface area (Å²) in [4.78, 5) is 17.6. The number of ether oxygens (including phenoxy) is 1. The third-order valence-corrected chi connectivity index (χ3v) is 5.18. The molecule has 5 nitrogen and oxygen atoms in total. The minimum Gasteiger partial charge on any atom is -0.484 e. The van der Waals surface area contributed by atoms with Crippen LogP contribution < -0.4 is 10.1 Å². The molecule has 2 heterocycles. The molecule has 0 unspecified atom stereocenters. The highest BCUT2D eigenvalue weighted by Gasteiger charge is 2.14. The Morgan fingerprint density at radius 3 is 2.84 bits per heavy atom. The molecule has 0 aliphatic heterocycles. The molecule has 0 radical (unpaired) electrons. The second-order valence-electron chi connectivity index (χ2n) is 5.24. The fourth-order valence-electron chi connectivity index (χ4n) is 2.00. The predicted octanol–water partition coefficient (Wildman–Crippen LogP) is 5.60. The van der Waals surface area contributed by atoms with E-state index in [2.05, 4.69) is 26.2 Å². The summed E-state index contributed by atoms with van der Waals surface area (Å²) in [5.41, 5.74) is 0.903. The van der Waals surface area contributed by atoms with Crippen molar-refractivity contribution in [2.75, 3.05) is 5.32 Å². The molecule has 2 aromatic heterocycles. The lowest BCUT2D eigenvalue weighted by molar-refractivity contribution is 0.0992. The Bertz CT molecular complexity index is 903. The molecule has 3 rings (SSSR count). The number of halogens is 2. The number of furan rings is 1. The highest BCUT2D eigenvalue weighted by molar-refractivity contribution is 9.10. The Morgan fingerprint density at radius 2 is 2.16 bits per heavy atom. The van der Waals surface area contributed by atoms with Crippen molar-refractivity contribution in [3.8, 4) is 5.75 Å². The largest absolute Gasteiger partial charge is 0.484 e. The lowest BCUT2D eigenvalue weighted by Crippen LogP contribution is -2.10. The van der Waals surface area contributed by atoms with Gasteiger partial charge >= 0.3 is 0 Å². The number of carbonyl (C=O) groups is 1. The molecule has 1 aromatic carbocycles. The Labute approximate surface area is 162 Å². The van der Waals surface area contributed by atoms with Gasteiger partial charge in [0.2, 0.25) is 0 Å². The lowest BCUT2D eigenvalue weighted by atomic mass is 10.3. The molecule has 0 aliphatic rings. The molecule has 0 aliphatic carbocycles. The number of thiazole rings is 1. The van der Waals surface area contributed by atoms with Gasteiger partial charge < -0.3 is 9.15 Å². The second kappa shape index (κ2) is 7.59. The Balaban J connectivity index is 1.62. The Hall–Kier alpha value is -1.83. The van der Waals surface area contributed by atoms with E-state index in [-0.39, 0.29) is 18.3 Å². The van der Waals surface area contributed by atoms with Crippen molar-refractivity contribution < 1.29 is 13.9 Å². The molecule has 0 saturated carbocycles. The molecule has 0 saturated heterocycles. The van der Waals surface area contributed by atoms with E-state index < -0.39 is 0 Å². The number of carbonyl (C=O) groups excluding carboxylic acids is 1. The first-order chi connectivity index (χ1) is 11.9. The van der Waals surface area contributed by atoms with Crippen molar-refractivity contribution in [3.63, 3.8) is 0 Å². The summed E-state index contributed by atoms with van der Waals surface area (Å²) in [5.74, 6) is 0.921. The van der Waals surface area contributed by atoms with Gasteiger partial charge in [0.25, 0.3) is 5.91 Å². The van der Waals surface area contributed by atoms with Crippen LogP contribution in [0, 0.1) is 13.8 Å². The average molecular weight is 442 g/mol. The summed E-state index contributed by atoms with van der Waals surface area (Å²) in [7, 11) is 0. The predicted molar refractivity (Wildman–Crippen MR) is 102 cm³/mol. The molecule has 0 atom stereocenters. The van der Waals surface area contributed by atoms with Gasteiger partial charge in [0.1, 0.15) is 18.1 Å². The molecule has 1 N–H and O–H groups in total. The van der Waals surface area contributed by atoms with Gasteiger partial charge in [-0.1, -0.05) is 27.5 Å². The van der Waals surface area contributed by atoms with Crippen LogP contribution in [0.25, 0.3) is 0 Å². The van der Waals surface area contributed by atoms with Crippen molar-refractivity contribution >= 4 is 49.9 Å². The van der Waals surface area contributed by atoms with Gasteiger partial charge in [-0.2, -0.15) is 0 Å². The topological polar surface area (TPSA) is 64.4 Å². The van der Waals surface area contributed by atoms with Crippen molar-refractivity contribution in [3.05, 3.63) is 61.9 Å². The number of nitrogens with one attached hydrogen (secondary N) is 1. The normalized spacial score (nSPS) is 10.7. The van der Waals surface area contributed by atoms with Gasteiger partial charge in [0.05, 0.1) is 10.7 Å². The van der Waals surface area contributed by atoms with E-state index >= 15 is 0 Å². The average Bonchev–Trinajstić information content (AvgIpc) is 3.14. The monoisotopic (exact) mass is 440 g/mol. The smallest absolute Gasteiger partial charge is 0.293 e. The number of hydrogen-bond donors (Lipinski definition) is 1. The second-order valence-corrected chi connectivity index (χ2v) is 7.77. The minimum atomic E-state index is -0.346. The number of hydrogen-bond acceptors (Lipinski definition) is 5. The number of rotatable bonds is 5. The molecule has 130 valence electrons. The summed E-state index contributed by atoms with van der Waals surface area (Å²) >= 11 is 10.9. The van der Waals surface area contributed by atoms with Crippen LogP contribution in [-0.2, 0) is 6.61 Å². The maximum Gasteiger partial charge on any atom is 0.293 e. The third-order valence-electron chi connectivity index (χ3n) is 3.40. The maximum atomic E-state index is 12.2. The summed E-state index contributed by atoms with van der Waals surface area (Å²) in [6.07, 6.45) is 0. The van der Waals surface area contributed by atoms with Crippen LogP contribution in [0.1, 0.15) is 26.9 Å². The number of anilines is 1. The van der Waals surface area contributed by atoms with Gasteiger partial charge in [-0.15, -0.1) is 11.3 Å². The van der Waals surface area contributed by atoms with Crippen LogP contribution in [0.15, 0.2) is 39.2 Å². The zero-order valence-electron chi connectivity index (χ0n) is 13.4. The van der Waals surface area contributed by atoms with Crippen LogP contribution in [0.3, 0.4) is 0 Å². The Kier molecular flexibility index (Phi) is 5.46. The number of amides is 1. The highest BCUT2D eigenvalue weighted by atomic mass is 79.9. The SMILES string of the molecule is Cc1nc(NC(=O)c2ccc(COc3ccc(Br)cc3Cl)o2)sc1C. The van der Waals surface area contributed by atoms with E-state index in [1.54, 1.807) is 24.3 Å². The van der Waals surface area contributed by atoms with Crippen molar-refractivity contribution in [2.24, 2.45) is 0 Å². The first-order valence-corrected chi connectivity index (χ1v) is 9.33. The quantitative estimate of drug-likeness (QED) is 0.560. The van der Waals surface area contributed by atoms with E-state index in [1.807, 2.05) is 19.9 Å². The van der Waals surface area contributed by atoms with Crippen molar-refractivity contribution in [1.82, 2.24) is 4.98 Å². The van der Waals surface area contributed by atoms with E-state index in [0.29, 0.717) is 21.7 Å². The number of benzene rings is 1. The standard InChI is InChI=1S/C17H14BrClN2O3S/c1-9-10(2)25-17(20-9)21-16(22)15-6-4-12(24-15)8-23-14-5-3-11(18)7-13(14)19/h3-7H,8H2,1-2H3,(H,20,21,22). The van der Waals surface area contributed by atoms with E-state index in [9.17, 15) is 4.79 Å². The van der Waals surface area contributed by atoms with Crippen LogP contribution in [0.5, 0.6) is 5.75 Å². The summed E-state index contributed by atoms with van der Waals surface area (Å²) in [6.45, 7) is 4.03. The third kappa shape index (κ3) is 4.42. The van der Waals surface area contributed by atoms with E-state index in [0.717, 1.165) is 15.0 Å². The molecule has 0 fully saturated rings. The van der Waals surface area contributed by atoms with Gasteiger partial charge in [-0.25, -0.2) is 4.98 Å². The number of aryl methyl sites for hydroxylation is 2. The highest BCUT2D eigenvalue weighted by Crippen LogP contribution is 2.28. The fraction of sp³-hybridized carbons (Fsp3) is 0.176. The molecule has 1 amide bonds. The zero-order valence-corrected chi connectivity index (χ0v) is 16.6. The number of nitrogens with zero attached hydrogens (tertiary/aromatic N) is 1. The van der Waals surface area contributed by atoms with E-state index in [1.165, 1.54) is 11.3 Å². The summed E-state index contributed by atoms with van der Waals surface area (Å²) < 4.78 is 12.0. The van der Waals surface area contributed by atoms with Crippen molar-refractivity contribution in [1.29, 1.82) is 0 Å². The summed E-state index contributed by atoms with van der Waals surface area (Å²) in [5, 5.41) is 3.78. The summed E-state index contributed by atoms with van der Waals surface area (Å²) in [6, 6.07) is 8.64. The fourth-order valence-corrected chi connectivity index (χ4v) is 3.54. The number of aromatic nitrogens is 1. The van der Waals surface area contributed by atoms with Gasteiger partial charge in [-0.05, 0) is 44.2 Å². The molecular weight excluding hydrogens is 428 g/mol. The molecule has 0 spiro atoms. The Morgan fingerprint density at radius 1 is 1.36 bits per heavy atom. The van der Waals surface area contributed by atoms with Gasteiger partial charge in [-0.3, -0.25) is 10.1 Å². The maximum absolute atomic E-state index is 12.2. The van der Waals surface area contributed by atoms with Crippen LogP contribution in [0.4, 0.5) is 5.13 Å². The van der Waals surface area contributed by atoms with Crippen LogP contribution >= 0.6 is 38.9 Å². The molecule has 3 aromatic rings. The molecule has 25 heavy (non-hydrogen) atoms. The molecular formula is C17H14BrClN2O3S. The molecule has 8 heteroatoms. The first-order valence-electron chi connectivity index (χ1n) is 7.34. The zero-order chi connectivity index (χ0) is 18.0.